The SMILES string of the molecule is CC1CC2CC2N1. The molecule has 1 nitrogen and oxygen atoms in total. The van der Waals surface area contributed by atoms with Crippen molar-refractivity contribution in [1.82, 2.24) is 5.32 Å². The van der Waals surface area contributed by atoms with Crippen molar-refractivity contribution in [3.05, 3.63) is 0 Å². The van der Waals surface area contributed by atoms with Crippen molar-refractivity contribution in [3.63, 3.8) is 0 Å². The molecular weight excluding hydrogens is 86.1 g/mol. The van der Waals surface area contributed by atoms with Gasteiger partial charge in [0, 0.05) is 12.1 Å². The van der Waals surface area contributed by atoms with E-state index >= 15 is 0 Å². The third kappa shape index (κ3) is 0.480. The molecule has 2 aliphatic rings. The quantitative estimate of drug-likeness (QED) is 0.470. The van der Waals surface area contributed by atoms with Gasteiger partial charge in [0.25, 0.3) is 0 Å². The minimum atomic E-state index is 0.823. The molecule has 7 heavy (non-hydrogen) atoms. The first kappa shape index (κ1) is 3.90. The minimum absolute atomic E-state index is 0.823. The fourth-order valence-electron chi connectivity index (χ4n) is 1.60. The molecule has 1 saturated heterocycles. The molecule has 0 radical (unpaired) electrons. The molecule has 0 bridgehead atoms. The molecule has 1 heterocycles. The van der Waals surface area contributed by atoms with Gasteiger partial charge in [-0.1, -0.05) is 0 Å². The van der Waals surface area contributed by atoms with Gasteiger partial charge in [0.2, 0.25) is 0 Å². The van der Waals surface area contributed by atoms with Gasteiger partial charge in [-0.15, -0.1) is 0 Å². The number of hydrogen-bond donors (Lipinski definition) is 1. The molecule has 40 valence electrons. The Hall–Kier alpha value is -0.0400. The Morgan fingerprint density at radius 1 is 1.43 bits per heavy atom. The zero-order valence-corrected chi connectivity index (χ0v) is 4.65. The van der Waals surface area contributed by atoms with Gasteiger partial charge >= 0.3 is 0 Å². The Balaban J connectivity index is 2.02. The zero-order valence-electron chi connectivity index (χ0n) is 4.65. The van der Waals surface area contributed by atoms with Gasteiger partial charge in [-0.25, -0.2) is 0 Å². The van der Waals surface area contributed by atoms with E-state index < -0.39 is 0 Å². The first-order chi connectivity index (χ1) is 3.36. The fraction of sp³-hybridized carbons (Fsp3) is 1.00. The summed E-state index contributed by atoms with van der Waals surface area (Å²) in [5.41, 5.74) is 0. The molecule has 2 rings (SSSR count). The Bertz CT molecular complexity index is 80.2. The molecule has 1 saturated carbocycles. The molecule has 0 aromatic carbocycles. The molecule has 0 spiro atoms. The lowest BCUT2D eigenvalue weighted by Gasteiger charge is -2.01. The molecule has 2 fully saturated rings. The van der Waals surface area contributed by atoms with Crippen molar-refractivity contribution in [3.8, 4) is 0 Å². The second-order valence-corrected chi connectivity index (χ2v) is 2.91. The van der Waals surface area contributed by atoms with Crippen molar-refractivity contribution in [2.24, 2.45) is 5.92 Å². The second-order valence-electron chi connectivity index (χ2n) is 2.91. The van der Waals surface area contributed by atoms with Crippen LogP contribution in [0.15, 0.2) is 0 Å². The van der Waals surface area contributed by atoms with E-state index in [1.165, 1.54) is 12.8 Å². The van der Waals surface area contributed by atoms with Gasteiger partial charge in [0.15, 0.2) is 0 Å². The topological polar surface area (TPSA) is 12.0 Å². The number of fused-ring (bicyclic) bond motifs is 1. The molecular formula is C6H11N. The van der Waals surface area contributed by atoms with Crippen LogP contribution in [0.1, 0.15) is 19.8 Å². The molecule has 3 atom stereocenters. The van der Waals surface area contributed by atoms with Crippen LogP contribution in [0.4, 0.5) is 0 Å². The molecule has 1 aliphatic heterocycles. The first-order valence-electron chi connectivity index (χ1n) is 3.12. The number of nitrogens with one attached hydrogen (secondary N) is 1. The van der Waals surface area contributed by atoms with Gasteiger partial charge in [-0.05, 0) is 25.7 Å². The summed E-state index contributed by atoms with van der Waals surface area (Å²) in [5.74, 6) is 1.08. The van der Waals surface area contributed by atoms with Gasteiger partial charge in [-0.2, -0.15) is 0 Å². The Labute approximate surface area is 44.1 Å². The lowest BCUT2D eigenvalue weighted by atomic mass is 10.2. The van der Waals surface area contributed by atoms with Gasteiger partial charge in [-0.3, -0.25) is 0 Å². The van der Waals surface area contributed by atoms with Gasteiger partial charge in [0.1, 0.15) is 0 Å². The van der Waals surface area contributed by atoms with Crippen molar-refractivity contribution in [2.45, 2.75) is 31.8 Å². The average molecular weight is 97.2 g/mol. The summed E-state index contributed by atoms with van der Waals surface area (Å²) in [6.07, 6.45) is 2.90. The maximum atomic E-state index is 3.49. The third-order valence-corrected chi connectivity index (χ3v) is 2.08. The smallest absolute Gasteiger partial charge is 0.0102 e. The Kier molecular flexibility index (Phi) is 0.571. The second kappa shape index (κ2) is 1.03. The monoisotopic (exact) mass is 97.1 g/mol. The number of rotatable bonds is 0. The summed E-state index contributed by atoms with van der Waals surface area (Å²) in [6, 6.07) is 1.76. The molecule has 0 aromatic rings. The molecule has 3 unspecified atom stereocenters. The highest BCUT2D eigenvalue weighted by Crippen LogP contribution is 2.40. The standard InChI is InChI=1S/C6H11N/c1-4-2-5-3-6(5)7-4/h4-7H,2-3H2,1H3. The molecule has 1 heteroatoms. The lowest BCUT2D eigenvalue weighted by molar-refractivity contribution is 0.584. The van der Waals surface area contributed by atoms with Crippen LogP contribution in [0, 0.1) is 5.92 Å². The Morgan fingerprint density at radius 3 is 2.57 bits per heavy atom. The minimum Gasteiger partial charge on any atom is -0.311 e. The first-order valence-corrected chi connectivity index (χ1v) is 3.12. The van der Waals surface area contributed by atoms with Crippen LogP contribution < -0.4 is 5.32 Å². The van der Waals surface area contributed by atoms with Crippen molar-refractivity contribution < 1.29 is 0 Å². The van der Waals surface area contributed by atoms with E-state index in [0.717, 1.165) is 18.0 Å². The zero-order chi connectivity index (χ0) is 4.85. The largest absolute Gasteiger partial charge is 0.311 e. The van der Waals surface area contributed by atoms with E-state index in [9.17, 15) is 0 Å². The summed E-state index contributed by atoms with van der Waals surface area (Å²) in [6.45, 7) is 2.27. The molecule has 0 amide bonds. The van der Waals surface area contributed by atoms with Crippen LogP contribution in [0.3, 0.4) is 0 Å². The van der Waals surface area contributed by atoms with Crippen LogP contribution in [0.2, 0.25) is 0 Å². The van der Waals surface area contributed by atoms with Crippen LogP contribution in [0.25, 0.3) is 0 Å². The van der Waals surface area contributed by atoms with E-state index in [1.54, 1.807) is 0 Å². The highest BCUT2D eigenvalue weighted by Gasteiger charge is 2.43. The fourth-order valence-corrected chi connectivity index (χ4v) is 1.60. The highest BCUT2D eigenvalue weighted by molar-refractivity contribution is 5.01. The Morgan fingerprint density at radius 2 is 2.29 bits per heavy atom. The van der Waals surface area contributed by atoms with Gasteiger partial charge in [0.05, 0.1) is 0 Å². The van der Waals surface area contributed by atoms with Crippen LogP contribution in [-0.4, -0.2) is 12.1 Å². The summed E-state index contributed by atoms with van der Waals surface area (Å²) in [7, 11) is 0. The van der Waals surface area contributed by atoms with E-state index in [0.29, 0.717) is 0 Å². The summed E-state index contributed by atoms with van der Waals surface area (Å²) in [4.78, 5) is 0. The summed E-state index contributed by atoms with van der Waals surface area (Å²) < 4.78 is 0. The number of piperidine rings is 1. The molecule has 0 aromatic heterocycles. The predicted molar refractivity (Wildman–Crippen MR) is 29.1 cm³/mol. The maximum absolute atomic E-state index is 3.49. The van der Waals surface area contributed by atoms with Crippen LogP contribution >= 0.6 is 0 Å². The third-order valence-electron chi connectivity index (χ3n) is 2.08. The van der Waals surface area contributed by atoms with Crippen LogP contribution in [-0.2, 0) is 0 Å². The van der Waals surface area contributed by atoms with Gasteiger partial charge < -0.3 is 5.32 Å². The van der Waals surface area contributed by atoms with E-state index in [4.69, 9.17) is 0 Å². The molecule has 1 N–H and O–H groups in total. The van der Waals surface area contributed by atoms with Crippen molar-refractivity contribution in [2.75, 3.05) is 0 Å². The summed E-state index contributed by atoms with van der Waals surface area (Å²) in [5, 5.41) is 3.49. The number of hydrogen-bond acceptors (Lipinski definition) is 1. The van der Waals surface area contributed by atoms with Crippen molar-refractivity contribution in [1.29, 1.82) is 0 Å². The van der Waals surface area contributed by atoms with E-state index in [1.807, 2.05) is 0 Å². The van der Waals surface area contributed by atoms with Crippen molar-refractivity contribution >= 4 is 0 Å². The maximum Gasteiger partial charge on any atom is 0.0102 e. The normalized spacial score (nSPS) is 57.0. The van der Waals surface area contributed by atoms with E-state index in [-0.39, 0.29) is 0 Å². The molecule has 1 aliphatic carbocycles. The van der Waals surface area contributed by atoms with Crippen LogP contribution in [0.5, 0.6) is 0 Å². The lowest BCUT2D eigenvalue weighted by Crippen LogP contribution is -2.21. The predicted octanol–water partition coefficient (Wildman–Crippen LogP) is 0.757. The summed E-state index contributed by atoms with van der Waals surface area (Å²) >= 11 is 0. The highest BCUT2D eigenvalue weighted by atomic mass is 15.0. The van der Waals surface area contributed by atoms with E-state index in [2.05, 4.69) is 12.2 Å². The average Bonchev–Trinajstić information content (AvgIpc) is 2.15.